The van der Waals surface area contributed by atoms with Crippen LogP contribution in [0.15, 0.2) is 4.52 Å². The van der Waals surface area contributed by atoms with E-state index in [1.807, 2.05) is 13.8 Å². The number of piperidine rings is 1. The molecule has 1 aromatic rings. The summed E-state index contributed by atoms with van der Waals surface area (Å²) in [5.41, 5.74) is -0.822. The average molecular weight is 295 g/mol. The maximum atomic E-state index is 12.3. The first-order chi connectivity index (χ1) is 10.2. The highest BCUT2D eigenvalue weighted by Gasteiger charge is 2.44. The number of nitrogens with zero attached hydrogens (tertiary/aromatic N) is 3. The third-order valence-electron chi connectivity index (χ3n) is 4.34. The van der Waals surface area contributed by atoms with Gasteiger partial charge >= 0.3 is 5.97 Å². The van der Waals surface area contributed by atoms with E-state index in [1.54, 1.807) is 6.92 Å². The molecule has 1 aliphatic rings. The van der Waals surface area contributed by atoms with Crippen LogP contribution in [0, 0.1) is 0 Å². The van der Waals surface area contributed by atoms with E-state index in [4.69, 9.17) is 9.26 Å². The Bertz CT molecular complexity index is 462. The van der Waals surface area contributed by atoms with Crippen molar-refractivity contribution in [2.75, 3.05) is 24.6 Å². The normalized spacial score (nSPS) is 16.0. The molecule has 0 aromatic carbocycles. The molecule has 0 unspecified atom stereocenters. The number of hydrogen-bond acceptors (Lipinski definition) is 6. The minimum absolute atomic E-state index is 0.274. The van der Waals surface area contributed by atoms with E-state index in [1.165, 1.54) is 6.42 Å². The second-order valence-electron chi connectivity index (χ2n) is 5.46. The third-order valence-corrected chi connectivity index (χ3v) is 4.34. The fourth-order valence-corrected chi connectivity index (χ4v) is 2.83. The summed E-state index contributed by atoms with van der Waals surface area (Å²) in [5.74, 6) is 0.704. The second kappa shape index (κ2) is 6.91. The van der Waals surface area contributed by atoms with Crippen LogP contribution in [0.4, 0.5) is 5.95 Å². The molecule has 0 saturated carbocycles. The van der Waals surface area contributed by atoms with Crippen LogP contribution < -0.4 is 4.90 Å². The molecule has 1 aliphatic heterocycles. The van der Waals surface area contributed by atoms with Gasteiger partial charge < -0.3 is 14.2 Å². The first-order valence-corrected chi connectivity index (χ1v) is 7.94. The monoisotopic (exact) mass is 295 g/mol. The number of hydrogen-bond donors (Lipinski definition) is 0. The van der Waals surface area contributed by atoms with Gasteiger partial charge in [-0.05, 0) is 44.2 Å². The SMILES string of the molecule is CCOC(=O)C(CC)(CC)c1nc(N2CCCCC2)no1. The van der Waals surface area contributed by atoms with Gasteiger partial charge in [0.1, 0.15) is 5.41 Å². The lowest BCUT2D eigenvalue weighted by molar-refractivity contribution is -0.151. The zero-order valence-electron chi connectivity index (χ0n) is 13.2. The van der Waals surface area contributed by atoms with E-state index in [0.29, 0.717) is 31.3 Å². The minimum Gasteiger partial charge on any atom is -0.465 e. The van der Waals surface area contributed by atoms with Gasteiger partial charge in [0.25, 0.3) is 5.95 Å². The molecule has 6 heteroatoms. The number of anilines is 1. The van der Waals surface area contributed by atoms with Crippen molar-refractivity contribution < 1.29 is 14.1 Å². The van der Waals surface area contributed by atoms with Crippen LogP contribution in [0.2, 0.25) is 0 Å². The molecule has 118 valence electrons. The van der Waals surface area contributed by atoms with Gasteiger partial charge in [-0.25, -0.2) is 0 Å². The van der Waals surface area contributed by atoms with Crippen molar-refractivity contribution in [2.24, 2.45) is 0 Å². The van der Waals surface area contributed by atoms with Gasteiger partial charge in [0.05, 0.1) is 6.61 Å². The van der Waals surface area contributed by atoms with E-state index in [9.17, 15) is 4.79 Å². The average Bonchev–Trinajstić information content (AvgIpc) is 3.01. The number of carbonyl (C=O) groups excluding carboxylic acids is 1. The van der Waals surface area contributed by atoms with Crippen molar-refractivity contribution in [1.29, 1.82) is 0 Å². The van der Waals surface area contributed by atoms with Crippen LogP contribution >= 0.6 is 0 Å². The number of rotatable bonds is 6. The van der Waals surface area contributed by atoms with E-state index in [0.717, 1.165) is 25.9 Å². The molecule has 0 bridgehead atoms. The molecule has 0 radical (unpaired) electrons. The molecule has 0 spiro atoms. The van der Waals surface area contributed by atoms with Crippen molar-refractivity contribution in [3.63, 3.8) is 0 Å². The number of aromatic nitrogens is 2. The Balaban J connectivity index is 2.24. The van der Waals surface area contributed by atoms with Crippen LogP contribution in [-0.4, -0.2) is 35.8 Å². The van der Waals surface area contributed by atoms with Crippen LogP contribution in [0.3, 0.4) is 0 Å². The molecule has 0 N–H and O–H groups in total. The van der Waals surface area contributed by atoms with Crippen molar-refractivity contribution in [3.05, 3.63) is 5.89 Å². The smallest absolute Gasteiger partial charge is 0.321 e. The van der Waals surface area contributed by atoms with Gasteiger partial charge in [-0.1, -0.05) is 13.8 Å². The van der Waals surface area contributed by atoms with Gasteiger partial charge in [-0.2, -0.15) is 4.98 Å². The van der Waals surface area contributed by atoms with E-state index < -0.39 is 5.41 Å². The van der Waals surface area contributed by atoms with E-state index >= 15 is 0 Å². The van der Waals surface area contributed by atoms with Crippen molar-refractivity contribution in [2.45, 2.75) is 58.3 Å². The molecule has 21 heavy (non-hydrogen) atoms. The van der Waals surface area contributed by atoms with Gasteiger partial charge in [0.2, 0.25) is 5.89 Å². The molecular weight excluding hydrogens is 270 g/mol. The number of ether oxygens (including phenoxy) is 1. The summed E-state index contributed by atoms with van der Waals surface area (Å²) in [6, 6.07) is 0. The highest BCUT2D eigenvalue weighted by atomic mass is 16.5. The highest BCUT2D eigenvalue weighted by molar-refractivity contribution is 5.81. The summed E-state index contributed by atoms with van der Waals surface area (Å²) in [6.07, 6.45) is 4.72. The Labute approximate surface area is 125 Å². The van der Waals surface area contributed by atoms with Gasteiger partial charge in [-0.15, -0.1) is 0 Å². The van der Waals surface area contributed by atoms with E-state index in [2.05, 4.69) is 15.0 Å². The van der Waals surface area contributed by atoms with E-state index in [-0.39, 0.29) is 5.97 Å². The fraction of sp³-hybridized carbons (Fsp3) is 0.800. The number of carbonyl (C=O) groups is 1. The Morgan fingerprint density at radius 1 is 1.24 bits per heavy atom. The summed E-state index contributed by atoms with van der Waals surface area (Å²) < 4.78 is 10.6. The molecule has 2 rings (SSSR count). The summed E-state index contributed by atoms with van der Waals surface area (Å²) in [7, 11) is 0. The second-order valence-corrected chi connectivity index (χ2v) is 5.46. The Morgan fingerprint density at radius 2 is 1.90 bits per heavy atom. The predicted octanol–water partition coefficient (Wildman–Crippen LogP) is 2.68. The summed E-state index contributed by atoms with van der Waals surface area (Å²) in [5, 5.41) is 4.08. The first-order valence-electron chi connectivity index (χ1n) is 7.94. The quantitative estimate of drug-likeness (QED) is 0.752. The zero-order valence-corrected chi connectivity index (χ0v) is 13.2. The molecule has 0 aliphatic carbocycles. The predicted molar refractivity (Wildman–Crippen MR) is 79.3 cm³/mol. The topological polar surface area (TPSA) is 68.5 Å². The molecule has 0 atom stereocenters. The standard InChI is InChI=1S/C15H25N3O3/c1-4-15(5-2,13(19)20-6-3)12-16-14(17-21-12)18-10-8-7-9-11-18/h4-11H2,1-3H3. The van der Waals surface area contributed by atoms with Crippen LogP contribution in [-0.2, 0) is 14.9 Å². The molecule has 0 amide bonds. The molecular formula is C15H25N3O3. The largest absolute Gasteiger partial charge is 0.465 e. The third kappa shape index (κ3) is 3.04. The molecule has 1 saturated heterocycles. The molecule has 1 fully saturated rings. The zero-order chi connectivity index (χ0) is 15.3. The molecule has 6 nitrogen and oxygen atoms in total. The lowest BCUT2D eigenvalue weighted by atomic mass is 9.82. The Morgan fingerprint density at radius 3 is 2.48 bits per heavy atom. The Hall–Kier alpha value is -1.59. The lowest BCUT2D eigenvalue weighted by Crippen LogP contribution is -2.37. The maximum Gasteiger partial charge on any atom is 0.321 e. The van der Waals surface area contributed by atoms with Crippen LogP contribution in [0.1, 0.15) is 58.8 Å². The van der Waals surface area contributed by atoms with Crippen LogP contribution in [0.5, 0.6) is 0 Å². The van der Waals surface area contributed by atoms with Crippen molar-refractivity contribution in [3.8, 4) is 0 Å². The highest BCUT2D eigenvalue weighted by Crippen LogP contribution is 2.33. The van der Waals surface area contributed by atoms with Gasteiger partial charge in [0, 0.05) is 13.1 Å². The molecule has 2 heterocycles. The maximum absolute atomic E-state index is 12.3. The first kappa shape index (κ1) is 15.8. The summed E-state index contributed by atoms with van der Waals surface area (Å²) in [4.78, 5) is 19.0. The van der Waals surface area contributed by atoms with Gasteiger partial charge in [0.15, 0.2) is 0 Å². The number of esters is 1. The summed E-state index contributed by atoms with van der Waals surface area (Å²) >= 11 is 0. The Kier molecular flexibility index (Phi) is 5.20. The van der Waals surface area contributed by atoms with Gasteiger partial charge in [-0.3, -0.25) is 4.79 Å². The summed E-state index contributed by atoms with van der Waals surface area (Å²) in [6.45, 7) is 7.96. The van der Waals surface area contributed by atoms with Crippen LogP contribution in [0.25, 0.3) is 0 Å². The fourth-order valence-electron chi connectivity index (χ4n) is 2.83. The van der Waals surface area contributed by atoms with Crippen molar-refractivity contribution >= 4 is 11.9 Å². The molecule has 1 aromatic heterocycles. The minimum atomic E-state index is -0.822. The van der Waals surface area contributed by atoms with Crippen molar-refractivity contribution in [1.82, 2.24) is 10.1 Å². The lowest BCUT2D eigenvalue weighted by Gasteiger charge is -2.26.